The second kappa shape index (κ2) is 5.37. The van der Waals surface area contributed by atoms with Gasteiger partial charge in [0.1, 0.15) is 0 Å². The molecule has 1 aromatic rings. The van der Waals surface area contributed by atoms with Crippen molar-refractivity contribution >= 4 is 17.8 Å². The minimum Gasteiger partial charge on any atom is -0.407 e. The molecule has 0 amide bonds. The van der Waals surface area contributed by atoms with Gasteiger partial charge in [-0.05, 0) is 18.7 Å². The van der Waals surface area contributed by atoms with E-state index in [0.29, 0.717) is 24.5 Å². The maximum atomic E-state index is 5.44. The summed E-state index contributed by atoms with van der Waals surface area (Å²) >= 11 is 1.96. The number of hydrogen-bond acceptors (Lipinski definition) is 6. The molecule has 2 rings (SSSR count). The zero-order valence-corrected chi connectivity index (χ0v) is 9.64. The van der Waals surface area contributed by atoms with Gasteiger partial charge in [-0.25, -0.2) is 0 Å². The van der Waals surface area contributed by atoms with Crippen LogP contribution in [0.2, 0.25) is 0 Å². The molecule has 2 heterocycles. The van der Waals surface area contributed by atoms with Gasteiger partial charge in [-0.15, -0.1) is 5.10 Å². The van der Waals surface area contributed by atoms with Crippen LogP contribution in [0.5, 0.6) is 0 Å². The lowest BCUT2D eigenvalue weighted by molar-refractivity contribution is 0.478. The summed E-state index contributed by atoms with van der Waals surface area (Å²) < 4.78 is 5.44. The van der Waals surface area contributed by atoms with Gasteiger partial charge < -0.3 is 15.1 Å². The van der Waals surface area contributed by atoms with E-state index in [0.717, 1.165) is 12.3 Å². The molecule has 1 fully saturated rings. The van der Waals surface area contributed by atoms with Crippen molar-refractivity contribution in [3.8, 4) is 0 Å². The standard InChI is InChI=1S/C9H16N4OS/c1-2-10-5-8-12-13-9(14-8)11-7-3-4-15-6-7/h7,10H,2-6H2,1H3,(H,11,13). The van der Waals surface area contributed by atoms with E-state index < -0.39 is 0 Å². The summed E-state index contributed by atoms with van der Waals surface area (Å²) in [6.45, 7) is 3.60. The number of rotatable bonds is 5. The summed E-state index contributed by atoms with van der Waals surface area (Å²) in [5.74, 6) is 2.99. The molecule has 1 unspecified atom stereocenters. The normalized spacial score (nSPS) is 20.7. The van der Waals surface area contributed by atoms with E-state index >= 15 is 0 Å². The minimum atomic E-state index is 0.488. The van der Waals surface area contributed by atoms with E-state index in [1.165, 1.54) is 12.2 Å². The van der Waals surface area contributed by atoms with E-state index in [2.05, 4.69) is 20.8 Å². The first-order valence-electron chi connectivity index (χ1n) is 5.26. The second-order valence-electron chi connectivity index (χ2n) is 3.49. The van der Waals surface area contributed by atoms with Crippen LogP contribution >= 0.6 is 11.8 Å². The SMILES string of the molecule is CCNCc1nnc(NC2CCSC2)o1. The Labute approximate surface area is 93.4 Å². The van der Waals surface area contributed by atoms with Crippen LogP contribution in [-0.2, 0) is 6.54 Å². The van der Waals surface area contributed by atoms with Gasteiger partial charge in [-0.3, -0.25) is 0 Å². The van der Waals surface area contributed by atoms with Crippen molar-refractivity contribution in [1.29, 1.82) is 0 Å². The van der Waals surface area contributed by atoms with E-state index in [9.17, 15) is 0 Å². The fourth-order valence-electron chi connectivity index (χ4n) is 1.44. The summed E-state index contributed by atoms with van der Waals surface area (Å²) in [5.41, 5.74) is 0. The van der Waals surface area contributed by atoms with Crippen LogP contribution in [0.3, 0.4) is 0 Å². The van der Waals surface area contributed by atoms with Gasteiger partial charge in [-0.1, -0.05) is 12.0 Å². The van der Waals surface area contributed by atoms with Gasteiger partial charge in [0, 0.05) is 11.8 Å². The maximum absolute atomic E-state index is 5.44. The number of nitrogens with one attached hydrogen (secondary N) is 2. The van der Waals surface area contributed by atoms with Crippen molar-refractivity contribution in [3.63, 3.8) is 0 Å². The van der Waals surface area contributed by atoms with Crippen molar-refractivity contribution < 1.29 is 4.42 Å². The second-order valence-corrected chi connectivity index (χ2v) is 4.64. The molecule has 1 aromatic heterocycles. The van der Waals surface area contributed by atoms with E-state index in [1.54, 1.807) is 0 Å². The monoisotopic (exact) mass is 228 g/mol. The lowest BCUT2D eigenvalue weighted by Gasteiger charge is -2.06. The van der Waals surface area contributed by atoms with Crippen LogP contribution < -0.4 is 10.6 Å². The van der Waals surface area contributed by atoms with Gasteiger partial charge >= 0.3 is 6.01 Å². The van der Waals surface area contributed by atoms with Crippen LogP contribution in [-0.4, -0.2) is 34.3 Å². The van der Waals surface area contributed by atoms with Crippen molar-refractivity contribution in [3.05, 3.63) is 5.89 Å². The molecule has 1 aliphatic rings. The first-order valence-corrected chi connectivity index (χ1v) is 6.41. The topological polar surface area (TPSA) is 63.0 Å². The number of aromatic nitrogens is 2. The molecule has 5 nitrogen and oxygen atoms in total. The highest BCUT2D eigenvalue weighted by Crippen LogP contribution is 2.20. The summed E-state index contributed by atoms with van der Waals surface area (Å²) in [6.07, 6.45) is 1.18. The molecule has 0 aliphatic carbocycles. The van der Waals surface area contributed by atoms with Crippen molar-refractivity contribution in [2.45, 2.75) is 25.9 Å². The third-order valence-electron chi connectivity index (χ3n) is 2.25. The fraction of sp³-hybridized carbons (Fsp3) is 0.778. The summed E-state index contributed by atoms with van der Waals surface area (Å²) in [7, 11) is 0. The van der Waals surface area contributed by atoms with Gasteiger partial charge in [0.15, 0.2) is 0 Å². The number of nitrogens with zero attached hydrogens (tertiary/aromatic N) is 2. The smallest absolute Gasteiger partial charge is 0.315 e. The van der Waals surface area contributed by atoms with Gasteiger partial charge in [0.25, 0.3) is 0 Å². The highest BCUT2D eigenvalue weighted by molar-refractivity contribution is 7.99. The lowest BCUT2D eigenvalue weighted by Crippen LogP contribution is -2.18. The molecule has 2 N–H and O–H groups in total. The Morgan fingerprint density at radius 2 is 2.47 bits per heavy atom. The average Bonchev–Trinajstić information content (AvgIpc) is 2.87. The molecule has 1 aliphatic heterocycles. The predicted molar refractivity (Wildman–Crippen MR) is 61.0 cm³/mol. The molecule has 15 heavy (non-hydrogen) atoms. The van der Waals surface area contributed by atoms with Crippen LogP contribution in [0.4, 0.5) is 6.01 Å². The minimum absolute atomic E-state index is 0.488. The first kappa shape index (κ1) is 10.8. The third kappa shape index (κ3) is 3.10. The van der Waals surface area contributed by atoms with E-state index in [4.69, 9.17) is 4.42 Å². The Bertz CT molecular complexity index is 298. The summed E-state index contributed by atoms with van der Waals surface area (Å²) in [6, 6.07) is 1.04. The Balaban J connectivity index is 1.83. The van der Waals surface area contributed by atoms with E-state index in [-0.39, 0.29) is 0 Å². The summed E-state index contributed by atoms with van der Waals surface area (Å²) in [5, 5.41) is 14.3. The molecule has 1 saturated heterocycles. The zero-order chi connectivity index (χ0) is 10.5. The Morgan fingerprint density at radius 1 is 1.53 bits per heavy atom. The van der Waals surface area contributed by atoms with Crippen LogP contribution in [0.1, 0.15) is 19.2 Å². The van der Waals surface area contributed by atoms with E-state index in [1.807, 2.05) is 18.7 Å². The van der Waals surface area contributed by atoms with Crippen LogP contribution in [0.25, 0.3) is 0 Å². The first-order chi connectivity index (χ1) is 7.38. The van der Waals surface area contributed by atoms with Gasteiger partial charge in [0.05, 0.1) is 6.54 Å². The molecular weight excluding hydrogens is 212 g/mol. The average molecular weight is 228 g/mol. The molecule has 84 valence electrons. The molecular formula is C9H16N4OS. The molecule has 0 aromatic carbocycles. The quantitative estimate of drug-likeness (QED) is 0.787. The molecule has 0 saturated carbocycles. The predicted octanol–water partition coefficient (Wildman–Crippen LogP) is 1.10. The Hall–Kier alpha value is -0.750. The maximum Gasteiger partial charge on any atom is 0.315 e. The van der Waals surface area contributed by atoms with Crippen molar-refractivity contribution in [2.75, 3.05) is 23.4 Å². The van der Waals surface area contributed by atoms with Crippen molar-refractivity contribution in [2.24, 2.45) is 0 Å². The Kier molecular flexibility index (Phi) is 3.85. The number of anilines is 1. The van der Waals surface area contributed by atoms with Crippen LogP contribution in [0, 0.1) is 0 Å². The van der Waals surface area contributed by atoms with Gasteiger partial charge in [-0.2, -0.15) is 11.8 Å². The summed E-state index contributed by atoms with van der Waals surface area (Å²) in [4.78, 5) is 0. The molecule has 0 bridgehead atoms. The number of thioether (sulfide) groups is 1. The van der Waals surface area contributed by atoms with Crippen molar-refractivity contribution in [1.82, 2.24) is 15.5 Å². The highest BCUT2D eigenvalue weighted by Gasteiger charge is 2.17. The van der Waals surface area contributed by atoms with Gasteiger partial charge in [0.2, 0.25) is 5.89 Å². The molecule has 1 atom stereocenters. The highest BCUT2D eigenvalue weighted by atomic mass is 32.2. The Morgan fingerprint density at radius 3 is 3.20 bits per heavy atom. The molecule has 0 radical (unpaired) electrons. The number of hydrogen-bond donors (Lipinski definition) is 2. The third-order valence-corrected chi connectivity index (χ3v) is 3.41. The fourth-order valence-corrected chi connectivity index (χ4v) is 2.59. The lowest BCUT2D eigenvalue weighted by atomic mass is 10.3. The zero-order valence-electron chi connectivity index (χ0n) is 8.82. The molecule has 0 spiro atoms. The van der Waals surface area contributed by atoms with Crippen LogP contribution in [0.15, 0.2) is 4.42 Å². The largest absolute Gasteiger partial charge is 0.407 e. The molecule has 6 heteroatoms.